The van der Waals surface area contributed by atoms with Crippen LogP contribution in [-0.4, -0.2) is 12.1 Å². The summed E-state index contributed by atoms with van der Waals surface area (Å²) >= 11 is 0. The van der Waals surface area contributed by atoms with Gasteiger partial charge < -0.3 is 9.47 Å². The summed E-state index contributed by atoms with van der Waals surface area (Å²) in [4.78, 5) is 10.1. The van der Waals surface area contributed by atoms with Crippen molar-refractivity contribution in [3.63, 3.8) is 0 Å². The predicted octanol–water partition coefficient (Wildman–Crippen LogP) is 2.54. The summed E-state index contributed by atoms with van der Waals surface area (Å²) in [5.41, 5.74) is 0.918. The average Bonchev–Trinajstić information content (AvgIpc) is 2.16. The van der Waals surface area contributed by atoms with Crippen molar-refractivity contribution in [3.8, 4) is 5.75 Å². The number of hydrogen-bond donors (Lipinski definition) is 0. The van der Waals surface area contributed by atoms with E-state index in [1.807, 2.05) is 32.9 Å². The lowest BCUT2D eigenvalue weighted by Crippen LogP contribution is -2.18. The summed E-state index contributed by atoms with van der Waals surface area (Å²) in [7, 11) is 0. The van der Waals surface area contributed by atoms with Gasteiger partial charge in [-0.15, -0.1) is 0 Å². The van der Waals surface area contributed by atoms with Crippen LogP contribution in [0.4, 0.5) is 0 Å². The molecule has 3 nitrogen and oxygen atoms in total. The Bertz CT molecular complexity index is 309. The fourth-order valence-electron chi connectivity index (χ4n) is 1.02. The molecule has 0 aliphatic heterocycles. The van der Waals surface area contributed by atoms with Gasteiger partial charge >= 0.3 is 0 Å². The normalized spacial score (nSPS) is 11.1. The van der Waals surface area contributed by atoms with Crippen LogP contribution in [0.15, 0.2) is 24.3 Å². The maximum absolute atomic E-state index is 10.1. The molecule has 0 amide bonds. The number of hydrogen-bond acceptors (Lipinski definition) is 3. The van der Waals surface area contributed by atoms with E-state index < -0.39 is 0 Å². The van der Waals surface area contributed by atoms with Crippen LogP contribution in [-0.2, 0) is 16.1 Å². The molecule has 0 bridgehead atoms. The van der Waals surface area contributed by atoms with Gasteiger partial charge in [-0.3, -0.25) is 4.79 Å². The Morgan fingerprint density at radius 3 is 2.27 bits per heavy atom. The SMILES string of the molecule is CC(C)(C)OCc1ccc(OC=O)cc1. The molecule has 3 heteroatoms. The van der Waals surface area contributed by atoms with Crippen LogP contribution in [0.3, 0.4) is 0 Å². The van der Waals surface area contributed by atoms with E-state index in [-0.39, 0.29) is 5.60 Å². The molecule has 0 N–H and O–H groups in total. The summed E-state index contributed by atoms with van der Waals surface area (Å²) in [6, 6.07) is 7.25. The molecule has 0 saturated heterocycles. The van der Waals surface area contributed by atoms with E-state index in [2.05, 4.69) is 4.74 Å². The molecule has 0 unspecified atom stereocenters. The van der Waals surface area contributed by atoms with E-state index in [9.17, 15) is 4.79 Å². The Labute approximate surface area is 90.0 Å². The molecule has 82 valence electrons. The van der Waals surface area contributed by atoms with Gasteiger partial charge in [-0.25, -0.2) is 0 Å². The highest BCUT2D eigenvalue weighted by molar-refractivity contribution is 5.45. The van der Waals surface area contributed by atoms with Gasteiger partial charge in [0.25, 0.3) is 6.47 Å². The maximum atomic E-state index is 10.1. The first-order chi connectivity index (χ1) is 7.01. The fourth-order valence-corrected chi connectivity index (χ4v) is 1.02. The largest absolute Gasteiger partial charge is 0.429 e. The van der Waals surface area contributed by atoms with Crippen molar-refractivity contribution < 1.29 is 14.3 Å². The van der Waals surface area contributed by atoms with Crippen LogP contribution < -0.4 is 4.74 Å². The molecule has 0 aromatic heterocycles. The highest BCUT2D eigenvalue weighted by Gasteiger charge is 2.09. The monoisotopic (exact) mass is 208 g/mol. The number of carbonyl (C=O) groups excluding carboxylic acids is 1. The first kappa shape index (κ1) is 11.7. The number of ether oxygens (including phenoxy) is 2. The smallest absolute Gasteiger partial charge is 0.298 e. The van der Waals surface area contributed by atoms with Crippen molar-refractivity contribution in [2.75, 3.05) is 0 Å². The summed E-state index contributed by atoms with van der Waals surface area (Å²) in [6.07, 6.45) is 0. The molecule has 0 fully saturated rings. The highest BCUT2D eigenvalue weighted by atomic mass is 16.5. The molecule has 15 heavy (non-hydrogen) atoms. The molecule has 0 atom stereocenters. The first-order valence-corrected chi connectivity index (χ1v) is 4.84. The topological polar surface area (TPSA) is 35.5 Å². The molecule has 0 aliphatic carbocycles. The summed E-state index contributed by atoms with van der Waals surface area (Å²) in [5, 5.41) is 0. The zero-order chi connectivity index (χ0) is 11.3. The van der Waals surface area contributed by atoms with Gasteiger partial charge in [0.2, 0.25) is 0 Å². The second-order valence-corrected chi connectivity index (χ2v) is 4.26. The van der Waals surface area contributed by atoms with Crippen LogP contribution in [0.5, 0.6) is 5.75 Å². The molecule has 1 aromatic carbocycles. The Morgan fingerprint density at radius 1 is 1.20 bits per heavy atom. The van der Waals surface area contributed by atoms with E-state index in [4.69, 9.17) is 4.74 Å². The minimum absolute atomic E-state index is 0.141. The van der Waals surface area contributed by atoms with Gasteiger partial charge in [0, 0.05) is 0 Å². The molecular formula is C12H16O3. The Balaban J connectivity index is 2.53. The molecule has 1 aromatic rings. The number of carbonyl (C=O) groups is 1. The molecule has 0 radical (unpaired) electrons. The van der Waals surface area contributed by atoms with Crippen LogP contribution in [0.1, 0.15) is 26.3 Å². The van der Waals surface area contributed by atoms with Gasteiger partial charge in [-0.1, -0.05) is 12.1 Å². The number of benzene rings is 1. The molecule has 0 saturated carbocycles. The summed E-state index contributed by atoms with van der Waals surface area (Å²) < 4.78 is 10.3. The second kappa shape index (κ2) is 4.94. The Kier molecular flexibility index (Phi) is 3.86. The van der Waals surface area contributed by atoms with E-state index in [1.54, 1.807) is 12.1 Å². The standard InChI is InChI=1S/C12H16O3/c1-12(2,3)15-8-10-4-6-11(7-5-10)14-9-13/h4-7,9H,8H2,1-3H3. The lowest BCUT2D eigenvalue weighted by Gasteiger charge is -2.19. The average molecular weight is 208 g/mol. The lowest BCUT2D eigenvalue weighted by molar-refractivity contribution is -0.120. The van der Waals surface area contributed by atoms with Crippen molar-refractivity contribution in [1.82, 2.24) is 0 Å². The number of rotatable bonds is 4. The third kappa shape index (κ3) is 4.61. The van der Waals surface area contributed by atoms with E-state index in [1.165, 1.54) is 0 Å². The van der Waals surface area contributed by atoms with Crippen molar-refractivity contribution in [1.29, 1.82) is 0 Å². The van der Waals surface area contributed by atoms with Crippen molar-refractivity contribution in [2.24, 2.45) is 0 Å². The minimum atomic E-state index is -0.141. The molecule has 0 heterocycles. The summed E-state index contributed by atoms with van der Waals surface area (Å²) in [5.74, 6) is 0.546. The molecule has 0 aliphatic rings. The van der Waals surface area contributed by atoms with E-state index in [0.29, 0.717) is 18.8 Å². The van der Waals surface area contributed by atoms with Crippen LogP contribution >= 0.6 is 0 Å². The Hall–Kier alpha value is -1.35. The predicted molar refractivity (Wildman–Crippen MR) is 57.7 cm³/mol. The van der Waals surface area contributed by atoms with Gasteiger partial charge in [-0.05, 0) is 38.5 Å². The fraction of sp³-hybridized carbons (Fsp3) is 0.417. The minimum Gasteiger partial charge on any atom is -0.429 e. The van der Waals surface area contributed by atoms with Gasteiger partial charge in [0.05, 0.1) is 12.2 Å². The summed E-state index contributed by atoms with van der Waals surface area (Å²) in [6.45, 7) is 7.01. The first-order valence-electron chi connectivity index (χ1n) is 4.84. The van der Waals surface area contributed by atoms with Gasteiger partial charge in [0.15, 0.2) is 0 Å². The quantitative estimate of drug-likeness (QED) is 0.713. The third-order valence-corrected chi connectivity index (χ3v) is 1.78. The third-order valence-electron chi connectivity index (χ3n) is 1.78. The highest BCUT2D eigenvalue weighted by Crippen LogP contribution is 2.15. The Morgan fingerprint density at radius 2 is 1.80 bits per heavy atom. The van der Waals surface area contributed by atoms with Crippen LogP contribution in [0, 0.1) is 0 Å². The van der Waals surface area contributed by atoms with Crippen molar-refractivity contribution >= 4 is 6.47 Å². The second-order valence-electron chi connectivity index (χ2n) is 4.26. The zero-order valence-electron chi connectivity index (χ0n) is 9.32. The van der Waals surface area contributed by atoms with Crippen molar-refractivity contribution in [2.45, 2.75) is 33.0 Å². The molecular weight excluding hydrogens is 192 g/mol. The van der Waals surface area contributed by atoms with E-state index in [0.717, 1.165) is 5.56 Å². The van der Waals surface area contributed by atoms with Crippen LogP contribution in [0.25, 0.3) is 0 Å². The van der Waals surface area contributed by atoms with E-state index >= 15 is 0 Å². The van der Waals surface area contributed by atoms with Crippen molar-refractivity contribution in [3.05, 3.63) is 29.8 Å². The molecule has 0 spiro atoms. The van der Waals surface area contributed by atoms with Gasteiger partial charge in [-0.2, -0.15) is 0 Å². The molecule has 1 rings (SSSR count). The van der Waals surface area contributed by atoms with Gasteiger partial charge in [0.1, 0.15) is 5.75 Å². The van der Waals surface area contributed by atoms with Crippen LogP contribution in [0.2, 0.25) is 0 Å². The maximum Gasteiger partial charge on any atom is 0.298 e. The zero-order valence-corrected chi connectivity index (χ0v) is 9.32. The lowest BCUT2D eigenvalue weighted by atomic mass is 10.2.